The Morgan fingerprint density at radius 3 is 2.52 bits per heavy atom. The number of hydrogen-bond donors (Lipinski definition) is 1. The second-order valence-electron chi connectivity index (χ2n) is 5.20. The Morgan fingerprint density at radius 2 is 1.76 bits per heavy atom. The molecule has 3 rings (SSSR count). The number of halogens is 1. The van der Waals surface area contributed by atoms with Gasteiger partial charge in [-0.15, -0.1) is 0 Å². The summed E-state index contributed by atoms with van der Waals surface area (Å²) in [5.74, 6) is 0. The van der Waals surface area contributed by atoms with Crippen LogP contribution in [0.3, 0.4) is 0 Å². The van der Waals surface area contributed by atoms with Crippen molar-refractivity contribution in [3.8, 4) is 0 Å². The molecule has 0 amide bonds. The van der Waals surface area contributed by atoms with Crippen molar-refractivity contribution in [1.82, 2.24) is 0 Å². The average molecular weight is 322 g/mol. The lowest BCUT2D eigenvalue weighted by molar-refractivity contribution is 0.575. The Hall–Kier alpha value is -1.52. The maximum absolute atomic E-state index is 12.7. The highest BCUT2D eigenvalue weighted by Crippen LogP contribution is 2.27. The van der Waals surface area contributed by atoms with Crippen LogP contribution in [0.2, 0.25) is 5.02 Å². The first kappa shape index (κ1) is 14.4. The van der Waals surface area contributed by atoms with E-state index in [1.807, 2.05) is 24.3 Å². The van der Waals surface area contributed by atoms with Crippen LogP contribution < -0.4 is 5.32 Å². The summed E-state index contributed by atoms with van der Waals surface area (Å²) in [4.78, 5) is 0.338. The maximum Gasteiger partial charge on any atom is 0.182 e. The van der Waals surface area contributed by atoms with Crippen molar-refractivity contribution < 1.29 is 8.42 Å². The van der Waals surface area contributed by atoms with E-state index in [4.69, 9.17) is 11.6 Å². The number of fused-ring (bicyclic) bond motifs is 1. The first-order valence-corrected chi connectivity index (χ1v) is 8.81. The number of rotatable bonds is 2. The summed E-state index contributed by atoms with van der Waals surface area (Å²) in [5.41, 5.74) is 2.21. The molecule has 0 bridgehead atoms. The topological polar surface area (TPSA) is 46.2 Å². The van der Waals surface area contributed by atoms with Crippen LogP contribution >= 0.6 is 11.6 Å². The van der Waals surface area contributed by atoms with Crippen molar-refractivity contribution >= 4 is 27.1 Å². The molecule has 2 aromatic rings. The predicted molar refractivity (Wildman–Crippen MR) is 85.7 cm³/mol. The van der Waals surface area contributed by atoms with Crippen LogP contribution in [0.1, 0.15) is 12.0 Å². The highest BCUT2D eigenvalue weighted by Gasteiger charge is 2.29. The quantitative estimate of drug-likeness (QED) is 0.920. The van der Waals surface area contributed by atoms with E-state index in [1.165, 1.54) is 5.56 Å². The second kappa shape index (κ2) is 5.70. The zero-order valence-electron chi connectivity index (χ0n) is 11.4. The Kier molecular flexibility index (Phi) is 3.91. The van der Waals surface area contributed by atoms with E-state index in [-0.39, 0.29) is 0 Å². The third kappa shape index (κ3) is 2.92. The fraction of sp³-hybridized carbons (Fsp3) is 0.250. The van der Waals surface area contributed by atoms with Gasteiger partial charge in [0.1, 0.15) is 0 Å². The molecule has 0 aromatic heterocycles. The summed E-state index contributed by atoms with van der Waals surface area (Å²) in [6, 6.07) is 14.4. The van der Waals surface area contributed by atoms with Gasteiger partial charge in [-0.25, -0.2) is 8.42 Å². The van der Waals surface area contributed by atoms with Gasteiger partial charge in [0, 0.05) is 17.3 Å². The smallest absolute Gasteiger partial charge is 0.182 e. The van der Waals surface area contributed by atoms with E-state index in [0.717, 1.165) is 12.1 Å². The summed E-state index contributed by atoms with van der Waals surface area (Å²) >= 11 is 5.83. The first-order chi connectivity index (χ1) is 10.1. The largest absolute Gasteiger partial charge is 0.384 e. The molecule has 5 heteroatoms. The molecular weight excluding hydrogens is 306 g/mol. The molecule has 1 unspecified atom stereocenters. The summed E-state index contributed by atoms with van der Waals surface area (Å²) in [7, 11) is -3.34. The van der Waals surface area contributed by atoms with Gasteiger partial charge in [0.2, 0.25) is 0 Å². The van der Waals surface area contributed by atoms with Gasteiger partial charge < -0.3 is 5.32 Å². The number of sulfone groups is 1. The lowest BCUT2D eigenvalue weighted by atomic mass is 10.1. The molecule has 2 aromatic carbocycles. The fourth-order valence-corrected chi connectivity index (χ4v) is 4.39. The van der Waals surface area contributed by atoms with E-state index in [0.29, 0.717) is 22.9 Å². The highest BCUT2D eigenvalue weighted by molar-refractivity contribution is 7.92. The minimum atomic E-state index is -3.34. The van der Waals surface area contributed by atoms with Gasteiger partial charge in [-0.1, -0.05) is 29.8 Å². The third-order valence-electron chi connectivity index (χ3n) is 3.85. The summed E-state index contributed by atoms with van der Waals surface area (Å²) in [6.45, 7) is 0.433. The van der Waals surface area contributed by atoms with Gasteiger partial charge in [0.15, 0.2) is 9.84 Å². The zero-order valence-corrected chi connectivity index (χ0v) is 13.0. The lowest BCUT2D eigenvalue weighted by Crippen LogP contribution is -2.28. The highest BCUT2D eigenvalue weighted by atomic mass is 35.5. The number of aryl methyl sites for hydroxylation is 1. The summed E-state index contributed by atoms with van der Waals surface area (Å²) in [6.07, 6.45) is 1.38. The third-order valence-corrected chi connectivity index (χ3v) is 6.32. The molecule has 0 fully saturated rings. The zero-order chi connectivity index (χ0) is 14.9. The van der Waals surface area contributed by atoms with Gasteiger partial charge in [0.05, 0.1) is 10.1 Å². The Balaban J connectivity index is 1.86. The van der Waals surface area contributed by atoms with Crippen LogP contribution in [-0.4, -0.2) is 20.2 Å². The monoisotopic (exact) mass is 321 g/mol. The van der Waals surface area contributed by atoms with E-state index in [9.17, 15) is 8.42 Å². The molecule has 1 atom stereocenters. The van der Waals surface area contributed by atoms with Crippen molar-refractivity contribution in [3.05, 3.63) is 59.1 Å². The molecule has 1 aliphatic rings. The number of hydrogen-bond acceptors (Lipinski definition) is 3. The average Bonchev–Trinajstić information content (AvgIpc) is 2.70. The van der Waals surface area contributed by atoms with Gasteiger partial charge in [-0.05, 0) is 48.7 Å². The SMILES string of the molecule is O=S(=O)(c1ccc(Cl)cc1)C1CCc2ccccc2NC1. The van der Waals surface area contributed by atoms with E-state index in [1.54, 1.807) is 24.3 Å². The molecule has 0 aliphatic carbocycles. The Labute approximate surface area is 129 Å². The van der Waals surface area contributed by atoms with Gasteiger partial charge in [-0.3, -0.25) is 0 Å². The molecule has 1 aliphatic heterocycles. The van der Waals surface area contributed by atoms with Gasteiger partial charge in [-0.2, -0.15) is 0 Å². The van der Waals surface area contributed by atoms with Crippen molar-refractivity contribution in [2.24, 2.45) is 0 Å². The van der Waals surface area contributed by atoms with Crippen LogP contribution in [0.5, 0.6) is 0 Å². The van der Waals surface area contributed by atoms with Crippen molar-refractivity contribution in [2.45, 2.75) is 23.0 Å². The van der Waals surface area contributed by atoms with Gasteiger partial charge in [0.25, 0.3) is 0 Å². The molecule has 21 heavy (non-hydrogen) atoms. The minimum absolute atomic E-state index is 0.338. The first-order valence-electron chi connectivity index (χ1n) is 6.88. The molecule has 0 saturated heterocycles. The van der Waals surface area contributed by atoms with Crippen LogP contribution in [0.4, 0.5) is 5.69 Å². The molecule has 1 heterocycles. The summed E-state index contributed by atoms with van der Waals surface area (Å²) < 4.78 is 25.4. The summed E-state index contributed by atoms with van der Waals surface area (Å²) in [5, 5.41) is 3.37. The molecule has 0 saturated carbocycles. The van der Waals surface area contributed by atoms with Crippen molar-refractivity contribution in [3.63, 3.8) is 0 Å². The van der Waals surface area contributed by atoms with E-state index >= 15 is 0 Å². The van der Waals surface area contributed by atoms with Crippen LogP contribution in [0.25, 0.3) is 0 Å². The number of para-hydroxylation sites is 1. The van der Waals surface area contributed by atoms with Crippen LogP contribution in [-0.2, 0) is 16.3 Å². The molecule has 0 radical (unpaired) electrons. The second-order valence-corrected chi connectivity index (χ2v) is 7.86. The number of nitrogens with one attached hydrogen (secondary N) is 1. The Morgan fingerprint density at radius 1 is 1.05 bits per heavy atom. The standard InChI is InChI=1S/C16H16ClNO2S/c17-13-6-9-14(10-7-13)21(19,20)15-8-5-12-3-1-2-4-16(12)18-11-15/h1-4,6-7,9-10,15,18H,5,8,11H2. The minimum Gasteiger partial charge on any atom is -0.384 e. The van der Waals surface area contributed by atoms with Crippen LogP contribution in [0, 0.1) is 0 Å². The number of benzene rings is 2. The lowest BCUT2D eigenvalue weighted by Gasteiger charge is -2.15. The fourth-order valence-electron chi connectivity index (χ4n) is 2.63. The predicted octanol–water partition coefficient (Wildman–Crippen LogP) is 3.54. The van der Waals surface area contributed by atoms with Gasteiger partial charge >= 0.3 is 0 Å². The van der Waals surface area contributed by atoms with E-state index < -0.39 is 15.1 Å². The van der Waals surface area contributed by atoms with Crippen LogP contribution in [0.15, 0.2) is 53.4 Å². The molecule has 1 N–H and O–H groups in total. The molecule has 0 spiro atoms. The normalized spacial score (nSPS) is 18.4. The molecule has 110 valence electrons. The molecule has 3 nitrogen and oxygen atoms in total. The Bertz CT molecular complexity index is 714. The van der Waals surface area contributed by atoms with Crippen molar-refractivity contribution in [2.75, 3.05) is 11.9 Å². The van der Waals surface area contributed by atoms with Crippen molar-refractivity contribution in [1.29, 1.82) is 0 Å². The number of anilines is 1. The van der Waals surface area contributed by atoms with E-state index in [2.05, 4.69) is 5.32 Å². The molecular formula is C16H16ClNO2S. The maximum atomic E-state index is 12.7.